The lowest BCUT2D eigenvalue weighted by Gasteiger charge is -2.27. The molecule has 0 fully saturated rings. The third-order valence-corrected chi connectivity index (χ3v) is 4.25. The number of nitrogens with zero attached hydrogens (tertiary/aromatic N) is 2. The van der Waals surface area contributed by atoms with E-state index >= 15 is 0 Å². The molecule has 2 aromatic carbocycles. The van der Waals surface area contributed by atoms with Crippen molar-refractivity contribution in [3.8, 4) is 5.75 Å². The highest BCUT2D eigenvalue weighted by atomic mass is 16.5. The molecule has 5 heteroatoms. The number of fused-ring (bicyclic) bond motifs is 1. The number of carbonyl (C=O) groups excluding carboxylic acids is 1. The number of aromatic nitrogens is 1. The van der Waals surface area contributed by atoms with Gasteiger partial charge in [-0.2, -0.15) is 5.10 Å². The van der Waals surface area contributed by atoms with Gasteiger partial charge in [0.25, 0.3) is 5.91 Å². The Kier molecular flexibility index (Phi) is 4.43. The Morgan fingerprint density at radius 2 is 1.73 bits per heavy atom. The smallest absolute Gasteiger partial charge is 0.271 e. The first-order valence-corrected chi connectivity index (χ1v) is 8.39. The van der Waals surface area contributed by atoms with Crippen molar-refractivity contribution in [3.63, 3.8) is 0 Å². The van der Waals surface area contributed by atoms with E-state index in [1.165, 1.54) is 0 Å². The van der Waals surface area contributed by atoms with Crippen molar-refractivity contribution in [3.05, 3.63) is 95.8 Å². The maximum Gasteiger partial charge on any atom is 0.271 e. The number of hydrogen-bond acceptors (Lipinski definition) is 4. The van der Waals surface area contributed by atoms with Crippen molar-refractivity contribution in [1.82, 2.24) is 10.4 Å². The maximum absolute atomic E-state index is 12.3. The van der Waals surface area contributed by atoms with E-state index in [0.717, 1.165) is 22.6 Å². The molecule has 0 saturated heterocycles. The molecule has 2 heterocycles. The summed E-state index contributed by atoms with van der Waals surface area (Å²) >= 11 is 0. The number of para-hydroxylation sites is 1. The molecule has 1 aromatic heterocycles. The van der Waals surface area contributed by atoms with Gasteiger partial charge in [0, 0.05) is 29.9 Å². The molecule has 0 radical (unpaired) electrons. The molecule has 0 bridgehead atoms. The minimum atomic E-state index is -0.264. The molecule has 1 aliphatic rings. The quantitative estimate of drug-likeness (QED) is 0.737. The maximum atomic E-state index is 12.3. The molecule has 1 aliphatic heterocycles. The summed E-state index contributed by atoms with van der Waals surface area (Å²) in [5, 5.41) is 4.39. The lowest BCUT2D eigenvalue weighted by atomic mass is 9.96. The first-order chi connectivity index (χ1) is 12.8. The standard InChI is InChI=1S/C21H17N3O2/c25-21(16-10-12-22-13-11-16)24-23-18-14-20(15-6-2-1-3-7-15)26-19-9-5-4-8-17(18)19/h1-13,20H,14H2,(H,24,25)/t20-/m0/s1. The van der Waals surface area contributed by atoms with Gasteiger partial charge in [-0.15, -0.1) is 0 Å². The molecule has 1 atom stereocenters. The molecule has 1 N–H and O–H groups in total. The Hall–Kier alpha value is -3.47. The number of amides is 1. The van der Waals surface area contributed by atoms with Gasteiger partial charge in [-0.3, -0.25) is 9.78 Å². The largest absolute Gasteiger partial charge is 0.485 e. The van der Waals surface area contributed by atoms with Crippen LogP contribution >= 0.6 is 0 Å². The van der Waals surface area contributed by atoms with Gasteiger partial charge in [-0.1, -0.05) is 42.5 Å². The van der Waals surface area contributed by atoms with Crippen LogP contribution in [0.15, 0.2) is 84.2 Å². The molecule has 5 nitrogen and oxygen atoms in total. The van der Waals surface area contributed by atoms with Gasteiger partial charge in [0.2, 0.25) is 0 Å². The molecular formula is C21H17N3O2. The zero-order valence-electron chi connectivity index (χ0n) is 14.0. The number of benzene rings is 2. The van der Waals surface area contributed by atoms with Crippen LogP contribution in [-0.4, -0.2) is 16.6 Å². The Labute approximate surface area is 151 Å². The average Bonchev–Trinajstić information content (AvgIpc) is 2.73. The van der Waals surface area contributed by atoms with Crippen LogP contribution in [0.5, 0.6) is 5.75 Å². The summed E-state index contributed by atoms with van der Waals surface area (Å²) in [6.07, 6.45) is 3.61. The van der Waals surface area contributed by atoms with Crippen LogP contribution in [0.1, 0.15) is 34.0 Å². The van der Waals surface area contributed by atoms with Gasteiger partial charge in [-0.05, 0) is 29.8 Å². The second-order valence-electron chi connectivity index (χ2n) is 5.95. The van der Waals surface area contributed by atoms with Gasteiger partial charge in [0.05, 0.1) is 5.71 Å². The van der Waals surface area contributed by atoms with Crippen LogP contribution in [0.2, 0.25) is 0 Å². The van der Waals surface area contributed by atoms with E-state index in [-0.39, 0.29) is 12.0 Å². The first-order valence-electron chi connectivity index (χ1n) is 8.39. The van der Waals surface area contributed by atoms with Gasteiger partial charge in [0.1, 0.15) is 11.9 Å². The Balaban J connectivity index is 1.62. The second-order valence-corrected chi connectivity index (χ2v) is 5.95. The van der Waals surface area contributed by atoms with Crippen molar-refractivity contribution < 1.29 is 9.53 Å². The molecule has 1 amide bonds. The van der Waals surface area contributed by atoms with Crippen molar-refractivity contribution in [1.29, 1.82) is 0 Å². The van der Waals surface area contributed by atoms with Crippen molar-refractivity contribution in [2.75, 3.05) is 0 Å². The number of nitrogens with one attached hydrogen (secondary N) is 1. The van der Waals surface area contributed by atoms with E-state index in [1.807, 2.05) is 54.6 Å². The topological polar surface area (TPSA) is 63.6 Å². The zero-order valence-corrected chi connectivity index (χ0v) is 14.0. The summed E-state index contributed by atoms with van der Waals surface area (Å²) in [4.78, 5) is 16.2. The second kappa shape index (κ2) is 7.19. The third kappa shape index (κ3) is 3.32. The summed E-state index contributed by atoms with van der Waals surface area (Å²) in [7, 11) is 0. The molecule has 0 aliphatic carbocycles. The predicted octanol–water partition coefficient (Wildman–Crippen LogP) is 3.74. The minimum Gasteiger partial charge on any atom is -0.485 e. The van der Waals surface area contributed by atoms with E-state index in [9.17, 15) is 4.79 Å². The summed E-state index contributed by atoms with van der Waals surface area (Å²) in [5.41, 5.74) is 5.94. The molecule has 4 rings (SSSR count). The average molecular weight is 343 g/mol. The number of hydrazone groups is 1. The van der Waals surface area contributed by atoms with Crippen molar-refractivity contribution in [2.45, 2.75) is 12.5 Å². The van der Waals surface area contributed by atoms with Crippen molar-refractivity contribution >= 4 is 11.6 Å². The van der Waals surface area contributed by atoms with Crippen LogP contribution < -0.4 is 10.2 Å². The third-order valence-electron chi connectivity index (χ3n) is 4.25. The van der Waals surface area contributed by atoms with E-state index in [1.54, 1.807) is 24.5 Å². The molecule has 3 aromatic rings. The molecular weight excluding hydrogens is 326 g/mol. The lowest BCUT2D eigenvalue weighted by molar-refractivity contribution is 0.0954. The minimum absolute atomic E-state index is 0.136. The Morgan fingerprint density at radius 3 is 2.54 bits per heavy atom. The van der Waals surface area contributed by atoms with Gasteiger partial charge < -0.3 is 4.74 Å². The van der Waals surface area contributed by atoms with Crippen LogP contribution in [0, 0.1) is 0 Å². The van der Waals surface area contributed by atoms with Crippen LogP contribution in [-0.2, 0) is 0 Å². The van der Waals surface area contributed by atoms with Crippen LogP contribution in [0.4, 0.5) is 0 Å². The number of rotatable bonds is 3. The SMILES string of the molecule is O=C(NN=C1C[C@@H](c2ccccc2)Oc2ccccc21)c1ccncc1. The summed E-state index contributed by atoms with van der Waals surface area (Å²) < 4.78 is 6.14. The highest BCUT2D eigenvalue weighted by Gasteiger charge is 2.26. The Morgan fingerprint density at radius 1 is 1.00 bits per heavy atom. The summed E-state index contributed by atoms with van der Waals surface area (Å²) in [5.74, 6) is 0.504. The summed E-state index contributed by atoms with van der Waals surface area (Å²) in [6.45, 7) is 0. The molecule has 0 unspecified atom stereocenters. The number of pyridine rings is 1. The van der Waals surface area contributed by atoms with Crippen LogP contribution in [0.3, 0.4) is 0 Å². The molecule has 128 valence electrons. The monoisotopic (exact) mass is 343 g/mol. The van der Waals surface area contributed by atoms with Crippen LogP contribution in [0.25, 0.3) is 0 Å². The van der Waals surface area contributed by atoms with Gasteiger partial charge >= 0.3 is 0 Å². The fourth-order valence-electron chi connectivity index (χ4n) is 2.93. The van der Waals surface area contributed by atoms with E-state index in [4.69, 9.17) is 4.74 Å². The normalized spacial score (nSPS) is 17.2. The highest BCUT2D eigenvalue weighted by molar-refractivity contribution is 6.05. The molecule has 0 saturated carbocycles. The van der Waals surface area contributed by atoms with Gasteiger partial charge in [-0.25, -0.2) is 5.43 Å². The van der Waals surface area contributed by atoms with E-state index in [2.05, 4.69) is 15.5 Å². The fourth-order valence-corrected chi connectivity index (χ4v) is 2.93. The predicted molar refractivity (Wildman–Crippen MR) is 99.1 cm³/mol. The molecule has 0 spiro atoms. The first kappa shape index (κ1) is 16.0. The van der Waals surface area contributed by atoms with E-state index in [0.29, 0.717) is 12.0 Å². The van der Waals surface area contributed by atoms with Gasteiger partial charge in [0.15, 0.2) is 0 Å². The van der Waals surface area contributed by atoms with Crippen molar-refractivity contribution in [2.24, 2.45) is 5.10 Å². The highest BCUT2D eigenvalue weighted by Crippen LogP contribution is 2.34. The van der Waals surface area contributed by atoms with E-state index < -0.39 is 0 Å². The lowest BCUT2D eigenvalue weighted by Crippen LogP contribution is -2.25. The zero-order chi connectivity index (χ0) is 17.8. The summed E-state index contributed by atoms with van der Waals surface area (Å²) in [6, 6.07) is 21.1. The Bertz CT molecular complexity index is 940. The molecule has 26 heavy (non-hydrogen) atoms. The number of carbonyl (C=O) groups is 1. The number of hydrogen-bond donors (Lipinski definition) is 1. The fraction of sp³-hybridized carbons (Fsp3) is 0.0952. The number of ether oxygens (including phenoxy) is 1.